The largest absolute Gasteiger partial charge is 0.396 e. The number of aromatic nitrogens is 1. The zero-order chi connectivity index (χ0) is 14.9. The van der Waals surface area contributed by atoms with Gasteiger partial charge in [-0.15, -0.1) is 12.4 Å². The van der Waals surface area contributed by atoms with Gasteiger partial charge in [0.2, 0.25) is 0 Å². The average molecular weight is 324 g/mol. The van der Waals surface area contributed by atoms with E-state index < -0.39 is 0 Å². The maximum atomic E-state index is 9.93. The van der Waals surface area contributed by atoms with Gasteiger partial charge in [0.05, 0.1) is 0 Å². The second kappa shape index (κ2) is 7.01. The Bertz CT molecular complexity index is 605. The van der Waals surface area contributed by atoms with Crippen LogP contribution in [0.15, 0.2) is 30.5 Å². The fraction of sp³-hybridized carbons (Fsp3) is 0.529. The van der Waals surface area contributed by atoms with Crippen LogP contribution >= 0.6 is 12.4 Å². The fourth-order valence-corrected chi connectivity index (χ4v) is 3.49. The molecule has 1 saturated heterocycles. The zero-order valence-electron chi connectivity index (χ0n) is 13.3. The third-order valence-corrected chi connectivity index (χ3v) is 4.59. The van der Waals surface area contributed by atoms with Crippen LogP contribution in [0, 0.1) is 5.41 Å². The van der Waals surface area contributed by atoms with Crippen LogP contribution in [0.5, 0.6) is 0 Å². The van der Waals surface area contributed by atoms with Crippen molar-refractivity contribution in [2.24, 2.45) is 5.41 Å². The van der Waals surface area contributed by atoms with E-state index in [-0.39, 0.29) is 30.5 Å². The molecule has 1 aromatic heterocycles. The van der Waals surface area contributed by atoms with Crippen molar-refractivity contribution in [3.63, 3.8) is 0 Å². The van der Waals surface area contributed by atoms with Crippen molar-refractivity contribution < 1.29 is 5.11 Å². The molecule has 2 heterocycles. The molecule has 5 heteroatoms. The molecule has 1 fully saturated rings. The van der Waals surface area contributed by atoms with Crippen molar-refractivity contribution in [2.75, 3.05) is 32.8 Å². The monoisotopic (exact) mass is 323 g/mol. The van der Waals surface area contributed by atoms with Gasteiger partial charge in [0, 0.05) is 61.3 Å². The van der Waals surface area contributed by atoms with Gasteiger partial charge in [0.1, 0.15) is 0 Å². The summed E-state index contributed by atoms with van der Waals surface area (Å²) in [4.78, 5) is 5.80. The molecule has 0 aliphatic carbocycles. The van der Waals surface area contributed by atoms with Crippen molar-refractivity contribution in [2.45, 2.75) is 19.9 Å². The summed E-state index contributed by atoms with van der Waals surface area (Å²) in [5, 5.41) is 14.6. The fourth-order valence-electron chi connectivity index (χ4n) is 3.49. The lowest BCUT2D eigenvalue weighted by Gasteiger charge is -2.43. The predicted molar refractivity (Wildman–Crippen MR) is 93.6 cm³/mol. The third kappa shape index (κ3) is 3.15. The molecule has 0 radical (unpaired) electrons. The number of hydrogen-bond donors (Lipinski definition) is 3. The van der Waals surface area contributed by atoms with Crippen LogP contribution < -0.4 is 5.32 Å². The number of halogens is 1. The maximum absolute atomic E-state index is 9.93. The Hall–Kier alpha value is -1.07. The number of fused-ring (bicyclic) bond motifs is 1. The van der Waals surface area contributed by atoms with Gasteiger partial charge < -0.3 is 15.4 Å². The minimum Gasteiger partial charge on any atom is -0.396 e. The highest BCUT2D eigenvalue weighted by Gasteiger charge is 2.36. The summed E-state index contributed by atoms with van der Waals surface area (Å²) < 4.78 is 0. The summed E-state index contributed by atoms with van der Waals surface area (Å²) in [6.07, 6.45) is 1.99. The number of piperazine rings is 1. The molecule has 22 heavy (non-hydrogen) atoms. The standard InChI is InChI=1S/C17H25N3O.ClH/c1-17(2,12-21)16(20-10-8-18-9-11-20)14-4-3-5-15-13(14)6-7-19-15;/h3-7,16,18-19,21H,8-12H2,1-2H3;1H/t16-;/m0./s1. The first kappa shape index (κ1) is 17.3. The van der Waals surface area contributed by atoms with Gasteiger partial charge in [-0.2, -0.15) is 0 Å². The van der Waals surface area contributed by atoms with E-state index in [2.05, 4.69) is 53.3 Å². The topological polar surface area (TPSA) is 51.3 Å². The number of nitrogens with one attached hydrogen (secondary N) is 2. The number of nitrogens with zero attached hydrogens (tertiary/aromatic N) is 1. The number of aromatic amines is 1. The molecule has 4 nitrogen and oxygen atoms in total. The minimum atomic E-state index is -0.178. The Morgan fingerprint density at radius 3 is 2.64 bits per heavy atom. The Labute approximate surface area is 138 Å². The van der Waals surface area contributed by atoms with Crippen LogP contribution in [0.2, 0.25) is 0 Å². The first-order valence-corrected chi connectivity index (χ1v) is 7.75. The third-order valence-electron chi connectivity index (χ3n) is 4.59. The highest BCUT2D eigenvalue weighted by Crippen LogP contribution is 2.40. The summed E-state index contributed by atoms with van der Waals surface area (Å²) in [5.41, 5.74) is 2.30. The molecule has 0 saturated carbocycles. The van der Waals surface area contributed by atoms with Crippen LogP contribution in [0.25, 0.3) is 10.9 Å². The van der Waals surface area contributed by atoms with Crippen molar-refractivity contribution in [1.82, 2.24) is 15.2 Å². The highest BCUT2D eigenvalue weighted by atomic mass is 35.5. The van der Waals surface area contributed by atoms with E-state index in [1.165, 1.54) is 16.5 Å². The molecule has 0 amide bonds. The molecule has 0 unspecified atom stereocenters. The van der Waals surface area contributed by atoms with E-state index in [1.54, 1.807) is 0 Å². The summed E-state index contributed by atoms with van der Waals surface area (Å²) >= 11 is 0. The molecule has 0 spiro atoms. The molecule has 3 N–H and O–H groups in total. The molecule has 1 aliphatic rings. The van der Waals surface area contributed by atoms with Crippen molar-refractivity contribution in [3.05, 3.63) is 36.0 Å². The predicted octanol–water partition coefficient (Wildman–Crippen LogP) is 2.55. The van der Waals surface area contributed by atoms with E-state index in [1.807, 2.05) is 6.20 Å². The SMILES string of the molecule is CC(C)(CO)[C@H](c1cccc2[nH]ccc12)N1CCNCC1.Cl. The van der Waals surface area contributed by atoms with Crippen LogP contribution in [-0.4, -0.2) is 47.8 Å². The Morgan fingerprint density at radius 2 is 1.95 bits per heavy atom. The van der Waals surface area contributed by atoms with E-state index >= 15 is 0 Å². The zero-order valence-corrected chi connectivity index (χ0v) is 14.1. The number of aliphatic hydroxyl groups is 1. The van der Waals surface area contributed by atoms with Crippen LogP contribution in [-0.2, 0) is 0 Å². The maximum Gasteiger partial charge on any atom is 0.0500 e. The molecule has 0 bridgehead atoms. The summed E-state index contributed by atoms with van der Waals surface area (Å²) in [7, 11) is 0. The molecular formula is C17H26ClN3O. The number of H-pyrrole nitrogens is 1. The van der Waals surface area contributed by atoms with Gasteiger partial charge >= 0.3 is 0 Å². The molecule has 3 rings (SSSR count). The highest BCUT2D eigenvalue weighted by molar-refractivity contribution is 5.85. The molecule has 1 atom stereocenters. The van der Waals surface area contributed by atoms with E-state index in [9.17, 15) is 5.11 Å². The van der Waals surface area contributed by atoms with Crippen LogP contribution in [0.1, 0.15) is 25.5 Å². The summed E-state index contributed by atoms with van der Waals surface area (Å²) in [5.74, 6) is 0. The summed E-state index contributed by atoms with van der Waals surface area (Å²) in [6, 6.07) is 8.80. The van der Waals surface area contributed by atoms with Crippen LogP contribution in [0.4, 0.5) is 0 Å². The second-order valence-corrected chi connectivity index (χ2v) is 6.62. The molecule has 2 aromatic rings. The molecule has 1 aromatic carbocycles. The molecule has 122 valence electrons. The number of aliphatic hydroxyl groups excluding tert-OH is 1. The lowest BCUT2D eigenvalue weighted by molar-refractivity contribution is 0.0313. The van der Waals surface area contributed by atoms with Crippen molar-refractivity contribution in [3.8, 4) is 0 Å². The number of benzene rings is 1. The molecule has 1 aliphatic heterocycles. The van der Waals surface area contributed by atoms with Gasteiger partial charge in [0.25, 0.3) is 0 Å². The van der Waals surface area contributed by atoms with Gasteiger partial charge in [-0.05, 0) is 17.7 Å². The van der Waals surface area contributed by atoms with Gasteiger partial charge in [-0.1, -0.05) is 26.0 Å². The van der Waals surface area contributed by atoms with Crippen molar-refractivity contribution in [1.29, 1.82) is 0 Å². The van der Waals surface area contributed by atoms with E-state index in [4.69, 9.17) is 0 Å². The minimum absolute atomic E-state index is 0. The van der Waals surface area contributed by atoms with Crippen LogP contribution in [0.3, 0.4) is 0 Å². The molecular weight excluding hydrogens is 298 g/mol. The average Bonchev–Trinajstić information content (AvgIpc) is 2.98. The normalized spacial score (nSPS) is 18.1. The first-order valence-electron chi connectivity index (χ1n) is 7.75. The van der Waals surface area contributed by atoms with E-state index in [0.717, 1.165) is 26.2 Å². The quantitative estimate of drug-likeness (QED) is 0.810. The van der Waals surface area contributed by atoms with Gasteiger partial charge in [-0.25, -0.2) is 0 Å². The van der Waals surface area contributed by atoms with Crippen molar-refractivity contribution >= 4 is 23.3 Å². The Kier molecular flexibility index (Phi) is 5.50. The Morgan fingerprint density at radius 1 is 1.23 bits per heavy atom. The lowest BCUT2D eigenvalue weighted by Crippen LogP contribution is -2.49. The Balaban J connectivity index is 0.00000176. The van der Waals surface area contributed by atoms with Gasteiger partial charge in [-0.3, -0.25) is 4.90 Å². The summed E-state index contributed by atoms with van der Waals surface area (Å²) in [6.45, 7) is 8.57. The number of hydrogen-bond acceptors (Lipinski definition) is 3. The second-order valence-electron chi connectivity index (χ2n) is 6.62. The number of rotatable bonds is 4. The van der Waals surface area contributed by atoms with E-state index in [0.29, 0.717) is 0 Å². The van der Waals surface area contributed by atoms with Gasteiger partial charge in [0.15, 0.2) is 0 Å². The smallest absolute Gasteiger partial charge is 0.0500 e. The lowest BCUT2D eigenvalue weighted by atomic mass is 9.79. The first-order chi connectivity index (χ1) is 10.1.